The molecule has 1 heterocycles. The molecule has 1 aliphatic heterocycles. The Bertz CT molecular complexity index is 877. The number of halogens is 1. The molecule has 3 rings (SSSR count). The largest absolute Gasteiger partial charge is 0.493 e. The standard InChI is InChI=1S/C25H34ClNO6/c1-17-10-20(7-8-22(17)26)33-16-19(28)14-27(15-21-6-5-9-32-21)13-18-11-23(29-2)25(31-4)24(12-18)30-3/h7-8,10-12,19,21,28H,5-6,9,13-16H2,1-4H3. The van der Waals surface area contributed by atoms with E-state index in [0.717, 1.165) is 30.6 Å². The maximum Gasteiger partial charge on any atom is 0.203 e. The minimum absolute atomic E-state index is 0.152. The molecule has 0 radical (unpaired) electrons. The third-order valence-corrected chi connectivity index (χ3v) is 6.08. The number of aliphatic hydroxyl groups excluding tert-OH is 1. The van der Waals surface area contributed by atoms with Crippen LogP contribution in [0.1, 0.15) is 24.0 Å². The van der Waals surface area contributed by atoms with Crippen molar-refractivity contribution >= 4 is 11.6 Å². The van der Waals surface area contributed by atoms with Gasteiger partial charge in [0.2, 0.25) is 5.75 Å². The van der Waals surface area contributed by atoms with Crippen LogP contribution in [-0.4, -0.2) is 69.8 Å². The molecule has 0 saturated carbocycles. The van der Waals surface area contributed by atoms with Gasteiger partial charge in [-0.15, -0.1) is 0 Å². The van der Waals surface area contributed by atoms with Gasteiger partial charge in [0.1, 0.15) is 18.5 Å². The molecular weight excluding hydrogens is 446 g/mol. The zero-order valence-electron chi connectivity index (χ0n) is 19.8. The summed E-state index contributed by atoms with van der Waals surface area (Å²) < 4.78 is 28.1. The van der Waals surface area contributed by atoms with Gasteiger partial charge in [0.05, 0.1) is 27.4 Å². The molecule has 2 unspecified atom stereocenters. The normalized spacial score (nSPS) is 16.6. The first-order chi connectivity index (χ1) is 15.9. The maximum absolute atomic E-state index is 10.7. The summed E-state index contributed by atoms with van der Waals surface area (Å²) in [5, 5.41) is 11.4. The van der Waals surface area contributed by atoms with Crippen molar-refractivity contribution in [1.82, 2.24) is 4.90 Å². The van der Waals surface area contributed by atoms with Gasteiger partial charge in [-0.25, -0.2) is 0 Å². The highest BCUT2D eigenvalue weighted by atomic mass is 35.5. The lowest BCUT2D eigenvalue weighted by Gasteiger charge is -2.28. The van der Waals surface area contributed by atoms with Gasteiger partial charge < -0.3 is 28.8 Å². The Balaban J connectivity index is 1.69. The summed E-state index contributed by atoms with van der Waals surface area (Å²) in [6.45, 7) is 4.62. The zero-order chi connectivity index (χ0) is 23.8. The van der Waals surface area contributed by atoms with E-state index >= 15 is 0 Å². The zero-order valence-corrected chi connectivity index (χ0v) is 20.6. The molecule has 8 heteroatoms. The van der Waals surface area contributed by atoms with Gasteiger partial charge in [0.25, 0.3) is 0 Å². The van der Waals surface area contributed by atoms with Crippen molar-refractivity contribution in [2.75, 3.05) is 47.6 Å². The van der Waals surface area contributed by atoms with Gasteiger partial charge >= 0.3 is 0 Å². The number of aliphatic hydroxyl groups is 1. The second kappa shape index (κ2) is 12.3. The highest BCUT2D eigenvalue weighted by molar-refractivity contribution is 6.31. The van der Waals surface area contributed by atoms with Crippen LogP contribution in [0.5, 0.6) is 23.0 Å². The first-order valence-electron chi connectivity index (χ1n) is 11.1. The van der Waals surface area contributed by atoms with Gasteiger partial charge in [-0.1, -0.05) is 11.6 Å². The summed E-state index contributed by atoms with van der Waals surface area (Å²) in [5.41, 5.74) is 1.93. The Morgan fingerprint density at radius 3 is 2.42 bits per heavy atom. The molecule has 2 aromatic carbocycles. The fourth-order valence-electron chi connectivity index (χ4n) is 4.01. The van der Waals surface area contributed by atoms with Crippen molar-refractivity contribution in [2.45, 2.75) is 38.5 Å². The minimum Gasteiger partial charge on any atom is -0.493 e. The molecule has 1 fully saturated rings. The van der Waals surface area contributed by atoms with E-state index in [9.17, 15) is 5.11 Å². The lowest BCUT2D eigenvalue weighted by molar-refractivity contribution is 0.0313. The highest BCUT2D eigenvalue weighted by Gasteiger charge is 2.23. The first kappa shape index (κ1) is 25.4. The number of rotatable bonds is 12. The van der Waals surface area contributed by atoms with E-state index < -0.39 is 6.10 Å². The molecule has 7 nitrogen and oxygen atoms in total. The topological polar surface area (TPSA) is 69.6 Å². The Morgan fingerprint density at radius 1 is 1.12 bits per heavy atom. The third-order valence-electron chi connectivity index (χ3n) is 5.66. The van der Waals surface area contributed by atoms with Gasteiger partial charge in [-0.05, 0) is 61.2 Å². The number of methoxy groups -OCH3 is 3. The molecule has 0 bridgehead atoms. The lowest BCUT2D eigenvalue weighted by atomic mass is 10.1. The van der Waals surface area contributed by atoms with E-state index in [4.69, 9.17) is 35.3 Å². The van der Waals surface area contributed by atoms with Crippen LogP contribution in [0.4, 0.5) is 0 Å². The fraction of sp³-hybridized carbons (Fsp3) is 0.520. The quantitative estimate of drug-likeness (QED) is 0.491. The predicted molar refractivity (Wildman–Crippen MR) is 128 cm³/mol. The molecule has 2 atom stereocenters. The minimum atomic E-state index is -0.676. The van der Waals surface area contributed by atoms with E-state index in [2.05, 4.69) is 4.90 Å². The summed E-state index contributed by atoms with van der Waals surface area (Å²) in [6, 6.07) is 9.34. The summed E-state index contributed by atoms with van der Waals surface area (Å²) in [6.07, 6.45) is 1.55. The van der Waals surface area contributed by atoms with Crippen LogP contribution in [0.15, 0.2) is 30.3 Å². The summed E-state index contributed by atoms with van der Waals surface area (Å²) in [4.78, 5) is 2.18. The Morgan fingerprint density at radius 2 is 1.85 bits per heavy atom. The molecule has 0 aromatic heterocycles. The summed E-state index contributed by atoms with van der Waals surface area (Å²) in [5.74, 6) is 2.45. The third kappa shape index (κ3) is 7.14. The molecule has 2 aromatic rings. The number of aryl methyl sites for hydroxylation is 1. The molecule has 1 N–H and O–H groups in total. The highest BCUT2D eigenvalue weighted by Crippen LogP contribution is 2.38. The van der Waals surface area contributed by atoms with Crippen LogP contribution in [0.2, 0.25) is 5.02 Å². The maximum atomic E-state index is 10.7. The molecule has 0 amide bonds. The molecular formula is C25H34ClNO6. The number of nitrogens with zero attached hydrogens (tertiary/aromatic N) is 1. The smallest absolute Gasteiger partial charge is 0.203 e. The molecule has 33 heavy (non-hydrogen) atoms. The fourth-order valence-corrected chi connectivity index (χ4v) is 4.13. The van der Waals surface area contributed by atoms with Crippen molar-refractivity contribution in [1.29, 1.82) is 0 Å². The van der Waals surface area contributed by atoms with Crippen molar-refractivity contribution in [2.24, 2.45) is 0 Å². The average Bonchev–Trinajstić information content (AvgIpc) is 3.32. The number of benzene rings is 2. The van der Waals surface area contributed by atoms with Crippen molar-refractivity contribution in [3.63, 3.8) is 0 Å². The number of hydrogen-bond donors (Lipinski definition) is 1. The molecule has 1 aliphatic rings. The lowest BCUT2D eigenvalue weighted by Crippen LogP contribution is -2.39. The monoisotopic (exact) mass is 479 g/mol. The molecule has 1 saturated heterocycles. The van der Waals surface area contributed by atoms with Crippen molar-refractivity contribution < 1.29 is 28.8 Å². The van der Waals surface area contributed by atoms with Crippen molar-refractivity contribution in [3.05, 3.63) is 46.5 Å². The first-order valence-corrected chi connectivity index (χ1v) is 11.5. The van der Waals surface area contributed by atoms with Gasteiger partial charge in [-0.2, -0.15) is 0 Å². The second-order valence-corrected chi connectivity index (χ2v) is 8.65. The number of hydrogen-bond acceptors (Lipinski definition) is 7. The van der Waals surface area contributed by atoms with Crippen LogP contribution in [0, 0.1) is 6.92 Å². The summed E-state index contributed by atoms with van der Waals surface area (Å²) in [7, 11) is 4.79. The summed E-state index contributed by atoms with van der Waals surface area (Å²) >= 11 is 6.08. The van der Waals surface area contributed by atoms with Gasteiger partial charge in [0.15, 0.2) is 11.5 Å². The van der Waals surface area contributed by atoms with Crippen LogP contribution in [0.3, 0.4) is 0 Å². The van der Waals surface area contributed by atoms with Crippen LogP contribution in [0.25, 0.3) is 0 Å². The SMILES string of the molecule is COc1cc(CN(CC(O)COc2ccc(Cl)c(C)c2)CC2CCCO2)cc(OC)c1OC. The van der Waals surface area contributed by atoms with E-state index in [-0.39, 0.29) is 12.7 Å². The predicted octanol–water partition coefficient (Wildman–Crippen LogP) is 4.10. The molecule has 182 valence electrons. The van der Waals surface area contributed by atoms with Gasteiger partial charge in [0, 0.05) is 31.3 Å². The van der Waals surface area contributed by atoms with Crippen LogP contribution >= 0.6 is 11.6 Å². The van der Waals surface area contributed by atoms with E-state index in [1.54, 1.807) is 27.4 Å². The van der Waals surface area contributed by atoms with Gasteiger partial charge in [-0.3, -0.25) is 4.90 Å². The molecule has 0 spiro atoms. The van der Waals surface area contributed by atoms with Crippen LogP contribution < -0.4 is 18.9 Å². The van der Waals surface area contributed by atoms with E-state index in [1.165, 1.54) is 0 Å². The second-order valence-electron chi connectivity index (χ2n) is 8.24. The van der Waals surface area contributed by atoms with Crippen molar-refractivity contribution in [3.8, 4) is 23.0 Å². The van der Waals surface area contributed by atoms with E-state index in [1.807, 2.05) is 31.2 Å². The Kier molecular flexibility index (Phi) is 9.50. The van der Waals surface area contributed by atoms with E-state index in [0.29, 0.717) is 47.7 Å². The average molecular weight is 480 g/mol. The van der Waals surface area contributed by atoms with Crippen LogP contribution in [-0.2, 0) is 11.3 Å². The Labute approximate surface area is 201 Å². The Hall–Kier alpha value is -2.19. The number of ether oxygens (including phenoxy) is 5. The molecule has 0 aliphatic carbocycles.